The Balaban J connectivity index is 1.81. The Morgan fingerprint density at radius 2 is 1.00 bits per heavy atom. The highest BCUT2D eigenvalue weighted by atomic mass is 16.2. The second-order valence-corrected chi connectivity index (χ2v) is 9.00. The van der Waals surface area contributed by atoms with E-state index < -0.39 is 10.8 Å². The van der Waals surface area contributed by atoms with E-state index in [0.717, 1.165) is 12.8 Å². The van der Waals surface area contributed by atoms with Gasteiger partial charge < -0.3 is 0 Å². The van der Waals surface area contributed by atoms with Gasteiger partial charge in [-0.3, -0.25) is 9.59 Å². The van der Waals surface area contributed by atoms with Crippen LogP contribution in [0.1, 0.15) is 67.2 Å². The first-order valence-electron chi connectivity index (χ1n) is 9.92. The molecule has 2 aromatic carbocycles. The van der Waals surface area contributed by atoms with Crippen LogP contribution in [0, 0.1) is 10.8 Å². The summed E-state index contributed by atoms with van der Waals surface area (Å²) in [6.07, 6.45) is 1.57. The molecule has 2 atom stereocenters. The maximum absolute atomic E-state index is 13.6. The lowest BCUT2D eigenvalue weighted by molar-refractivity contribution is -0.142. The van der Waals surface area contributed by atoms with Crippen molar-refractivity contribution in [2.24, 2.45) is 10.8 Å². The Morgan fingerprint density at radius 3 is 1.33 bits per heavy atom. The average Bonchev–Trinajstić information content (AvgIpc) is 2.89. The Labute approximate surface area is 159 Å². The topological polar surface area (TPSA) is 34.1 Å². The molecule has 0 radical (unpaired) electrons. The summed E-state index contributed by atoms with van der Waals surface area (Å²) in [5.41, 5.74) is 6.49. The summed E-state index contributed by atoms with van der Waals surface area (Å²) < 4.78 is 0. The standard InChI is InChI=1S/C25H22O2/c1-14-12-24-20(26)11-21(27)25(24,13-15(14)2)23-18-9-5-3-7-16(18)22(24)17-8-4-6-10-19(17)23/h3-10,22-23H,11-13H2,1-2H3/t22?,23?,24-,25+. The zero-order valence-electron chi connectivity index (χ0n) is 15.7. The molecule has 2 heteroatoms. The van der Waals surface area contributed by atoms with E-state index in [-0.39, 0.29) is 29.8 Å². The Hall–Kier alpha value is -2.48. The quantitative estimate of drug-likeness (QED) is 0.497. The highest BCUT2D eigenvalue weighted by Crippen LogP contribution is 2.77. The van der Waals surface area contributed by atoms with Crippen molar-refractivity contribution in [3.8, 4) is 0 Å². The number of carbonyl (C=O) groups excluding carboxylic acids is 2. The smallest absolute Gasteiger partial charge is 0.148 e. The molecule has 2 nitrogen and oxygen atoms in total. The minimum absolute atomic E-state index is 0.00287. The zero-order valence-corrected chi connectivity index (χ0v) is 15.7. The normalized spacial score (nSPS) is 35.6. The molecule has 5 aliphatic carbocycles. The number of carbonyl (C=O) groups is 2. The maximum atomic E-state index is 13.6. The molecule has 0 heterocycles. The van der Waals surface area contributed by atoms with Gasteiger partial charge in [-0.15, -0.1) is 0 Å². The van der Waals surface area contributed by atoms with E-state index in [1.54, 1.807) is 0 Å². The molecule has 0 unspecified atom stereocenters. The van der Waals surface area contributed by atoms with E-state index >= 15 is 0 Å². The van der Waals surface area contributed by atoms with Gasteiger partial charge in [-0.25, -0.2) is 0 Å². The van der Waals surface area contributed by atoms with Gasteiger partial charge in [-0.2, -0.15) is 0 Å². The minimum Gasteiger partial charge on any atom is -0.299 e. The molecule has 7 rings (SSSR count). The first-order valence-corrected chi connectivity index (χ1v) is 9.92. The van der Waals surface area contributed by atoms with Gasteiger partial charge in [0.05, 0.1) is 17.3 Å². The lowest BCUT2D eigenvalue weighted by atomic mass is 9.37. The summed E-state index contributed by atoms with van der Waals surface area (Å²) in [5, 5.41) is 0. The fourth-order valence-electron chi connectivity index (χ4n) is 7.12. The van der Waals surface area contributed by atoms with Crippen molar-refractivity contribution in [2.75, 3.05) is 0 Å². The minimum atomic E-state index is -0.596. The highest BCUT2D eigenvalue weighted by molar-refractivity contribution is 6.16. The van der Waals surface area contributed by atoms with Crippen molar-refractivity contribution in [1.82, 2.24) is 0 Å². The van der Waals surface area contributed by atoms with Crippen LogP contribution in [0.4, 0.5) is 0 Å². The number of rotatable bonds is 0. The van der Waals surface area contributed by atoms with Crippen molar-refractivity contribution >= 4 is 11.6 Å². The summed E-state index contributed by atoms with van der Waals surface area (Å²) in [6, 6.07) is 17.1. The molecule has 5 aliphatic rings. The third kappa shape index (κ3) is 1.46. The summed E-state index contributed by atoms with van der Waals surface area (Å²) >= 11 is 0. The van der Waals surface area contributed by atoms with Crippen molar-refractivity contribution in [3.63, 3.8) is 0 Å². The Bertz CT molecular complexity index is 960. The van der Waals surface area contributed by atoms with Gasteiger partial charge in [0.25, 0.3) is 0 Å². The number of hydrogen-bond donors (Lipinski definition) is 0. The van der Waals surface area contributed by atoms with Crippen molar-refractivity contribution in [2.45, 2.75) is 44.9 Å². The summed E-state index contributed by atoms with van der Waals surface area (Å²) in [5.74, 6) is 0.352. The van der Waals surface area contributed by atoms with Crippen LogP contribution in [0.15, 0.2) is 59.7 Å². The molecule has 0 spiro atoms. The van der Waals surface area contributed by atoms with Crippen LogP contribution in [-0.4, -0.2) is 11.6 Å². The second kappa shape index (κ2) is 4.67. The molecular formula is C25H22O2. The van der Waals surface area contributed by atoms with Gasteiger partial charge in [0.1, 0.15) is 11.6 Å². The van der Waals surface area contributed by atoms with Gasteiger partial charge in [-0.05, 0) is 48.9 Å². The number of benzene rings is 2. The lowest BCUT2D eigenvalue weighted by Gasteiger charge is -2.63. The van der Waals surface area contributed by atoms with E-state index in [9.17, 15) is 9.59 Å². The SMILES string of the molecule is CC1=C(C)C[C@]23C(=O)CC(=O)[C@@]2(C1)C1c2ccccc2C3c2ccccc21. The van der Waals surface area contributed by atoms with Crippen LogP contribution in [-0.2, 0) is 9.59 Å². The van der Waals surface area contributed by atoms with Gasteiger partial charge in [0.15, 0.2) is 0 Å². The van der Waals surface area contributed by atoms with E-state index in [2.05, 4.69) is 62.4 Å². The van der Waals surface area contributed by atoms with Crippen molar-refractivity contribution < 1.29 is 9.59 Å². The largest absolute Gasteiger partial charge is 0.299 e. The summed E-state index contributed by atoms with van der Waals surface area (Å²) in [4.78, 5) is 27.2. The molecule has 134 valence electrons. The van der Waals surface area contributed by atoms with Crippen molar-refractivity contribution in [3.05, 3.63) is 81.9 Å². The molecule has 0 aliphatic heterocycles. The second-order valence-electron chi connectivity index (χ2n) is 9.00. The number of allylic oxidation sites excluding steroid dienone is 2. The maximum Gasteiger partial charge on any atom is 0.148 e. The number of ketones is 2. The first-order chi connectivity index (χ1) is 13.0. The molecular weight excluding hydrogens is 332 g/mol. The molecule has 0 N–H and O–H groups in total. The van der Waals surface area contributed by atoms with Crippen LogP contribution in [0.5, 0.6) is 0 Å². The van der Waals surface area contributed by atoms with Crippen LogP contribution < -0.4 is 0 Å². The van der Waals surface area contributed by atoms with Gasteiger partial charge in [0, 0.05) is 11.8 Å². The third-order valence-corrected chi connectivity index (χ3v) is 8.15. The van der Waals surface area contributed by atoms with Crippen LogP contribution in [0.2, 0.25) is 0 Å². The number of hydrogen-bond acceptors (Lipinski definition) is 2. The van der Waals surface area contributed by atoms with Crippen LogP contribution >= 0.6 is 0 Å². The van der Waals surface area contributed by atoms with E-state index in [0.29, 0.717) is 0 Å². The third-order valence-electron chi connectivity index (χ3n) is 8.15. The molecule has 27 heavy (non-hydrogen) atoms. The first kappa shape index (κ1) is 15.6. The number of Topliss-reactive ketones (excluding diaryl/α,β-unsaturated/α-hetero) is 2. The average molecular weight is 354 g/mol. The molecule has 0 amide bonds. The molecule has 1 saturated carbocycles. The fourth-order valence-corrected chi connectivity index (χ4v) is 7.12. The van der Waals surface area contributed by atoms with Crippen LogP contribution in [0.3, 0.4) is 0 Å². The summed E-state index contributed by atoms with van der Waals surface area (Å²) in [7, 11) is 0. The predicted molar refractivity (Wildman–Crippen MR) is 104 cm³/mol. The van der Waals surface area contributed by atoms with Crippen LogP contribution in [0.25, 0.3) is 0 Å². The van der Waals surface area contributed by atoms with E-state index in [1.165, 1.54) is 33.4 Å². The fraction of sp³-hybridized carbons (Fsp3) is 0.360. The van der Waals surface area contributed by atoms with E-state index in [4.69, 9.17) is 0 Å². The highest BCUT2D eigenvalue weighted by Gasteiger charge is 2.76. The molecule has 0 saturated heterocycles. The molecule has 2 bridgehead atoms. The lowest BCUT2D eigenvalue weighted by Crippen LogP contribution is -2.60. The van der Waals surface area contributed by atoms with Gasteiger partial charge >= 0.3 is 0 Å². The van der Waals surface area contributed by atoms with Gasteiger partial charge in [0.2, 0.25) is 0 Å². The van der Waals surface area contributed by atoms with E-state index in [1.807, 2.05) is 0 Å². The Kier molecular flexibility index (Phi) is 2.69. The molecule has 1 fully saturated rings. The zero-order chi connectivity index (χ0) is 18.6. The Morgan fingerprint density at radius 1 is 0.667 bits per heavy atom. The monoisotopic (exact) mass is 354 g/mol. The summed E-state index contributed by atoms with van der Waals surface area (Å²) in [6.45, 7) is 4.31. The predicted octanol–water partition coefficient (Wildman–Crippen LogP) is 4.92. The molecule has 0 aromatic heterocycles. The van der Waals surface area contributed by atoms with Crippen molar-refractivity contribution in [1.29, 1.82) is 0 Å². The van der Waals surface area contributed by atoms with Gasteiger partial charge in [-0.1, -0.05) is 59.7 Å². The molecule has 2 aromatic rings.